The maximum atomic E-state index is 12.3. The number of rotatable bonds is 2. The molecule has 1 aliphatic rings. The smallest absolute Gasteiger partial charge is 0.234 e. The quantitative estimate of drug-likeness (QED) is 0.677. The number of benzene rings is 2. The average molecular weight is 276 g/mol. The summed E-state index contributed by atoms with van der Waals surface area (Å²) in [4.78, 5) is 24.0. The molecule has 0 unspecified atom stereocenters. The van der Waals surface area contributed by atoms with Crippen molar-refractivity contribution in [3.05, 3.63) is 83.6 Å². The van der Waals surface area contributed by atoms with E-state index in [1.165, 1.54) is 0 Å². The number of ketones is 2. The molecule has 0 saturated heterocycles. The van der Waals surface area contributed by atoms with Crippen molar-refractivity contribution in [1.82, 2.24) is 0 Å². The van der Waals surface area contributed by atoms with Gasteiger partial charge in [-0.3, -0.25) is 9.59 Å². The summed E-state index contributed by atoms with van der Waals surface area (Å²) in [6, 6.07) is 18.0. The lowest BCUT2D eigenvalue weighted by atomic mass is 9.85. The molecular formula is C18H12O3. The summed E-state index contributed by atoms with van der Waals surface area (Å²) in [5, 5.41) is 10.2. The molecule has 2 aromatic rings. The van der Waals surface area contributed by atoms with Gasteiger partial charge in [-0.1, -0.05) is 60.7 Å². The highest BCUT2D eigenvalue weighted by Crippen LogP contribution is 2.34. The molecule has 0 amide bonds. The molecule has 3 nitrogen and oxygen atoms in total. The summed E-state index contributed by atoms with van der Waals surface area (Å²) in [5.74, 6) is -1.48. The lowest BCUT2D eigenvalue weighted by Gasteiger charge is -2.17. The van der Waals surface area contributed by atoms with Gasteiger partial charge in [-0.05, 0) is 11.1 Å². The second-order valence-corrected chi connectivity index (χ2v) is 4.71. The minimum Gasteiger partial charge on any atom is -0.507 e. The number of aliphatic hydroxyl groups excluding tert-OH is 1. The topological polar surface area (TPSA) is 54.4 Å². The fraction of sp³-hybridized carbons (Fsp3) is 0. The minimum atomic E-state index is -0.703. The van der Waals surface area contributed by atoms with Crippen molar-refractivity contribution >= 4 is 22.7 Å². The molecule has 102 valence electrons. The zero-order valence-electron chi connectivity index (χ0n) is 11.1. The fourth-order valence-corrected chi connectivity index (χ4v) is 2.40. The summed E-state index contributed by atoms with van der Waals surface area (Å²) < 4.78 is 0. The lowest BCUT2D eigenvalue weighted by molar-refractivity contribution is -0.130. The Bertz CT molecular complexity index is 769. The number of allylic oxidation sites excluding steroid dienone is 3. The Balaban J connectivity index is 2.31. The first-order valence-electron chi connectivity index (χ1n) is 6.53. The van der Waals surface area contributed by atoms with Crippen LogP contribution in [-0.4, -0.2) is 16.7 Å². The van der Waals surface area contributed by atoms with Crippen LogP contribution in [0.2, 0.25) is 0 Å². The third-order valence-electron chi connectivity index (χ3n) is 3.35. The zero-order valence-corrected chi connectivity index (χ0v) is 11.1. The van der Waals surface area contributed by atoms with E-state index in [1.807, 2.05) is 24.3 Å². The van der Waals surface area contributed by atoms with Gasteiger partial charge in [0.05, 0.1) is 0 Å². The Hall–Kier alpha value is -2.94. The summed E-state index contributed by atoms with van der Waals surface area (Å²) in [6.07, 6.45) is 0.983. The van der Waals surface area contributed by atoms with E-state index in [0.29, 0.717) is 16.7 Å². The van der Waals surface area contributed by atoms with Gasteiger partial charge in [-0.15, -0.1) is 0 Å². The minimum absolute atomic E-state index is 0.176. The highest BCUT2D eigenvalue weighted by atomic mass is 16.3. The molecular weight excluding hydrogens is 264 g/mol. The van der Waals surface area contributed by atoms with Crippen LogP contribution in [0.3, 0.4) is 0 Å². The summed E-state index contributed by atoms with van der Waals surface area (Å²) in [6.45, 7) is 0. The van der Waals surface area contributed by atoms with Crippen LogP contribution in [-0.2, 0) is 9.59 Å². The van der Waals surface area contributed by atoms with Crippen LogP contribution in [0, 0.1) is 0 Å². The predicted octanol–water partition coefficient (Wildman–Crippen LogP) is 3.19. The van der Waals surface area contributed by atoms with Gasteiger partial charge in [-0.25, -0.2) is 0 Å². The number of Topliss-reactive ketones (excluding diaryl/α,β-unsaturated/α-hetero) is 1. The molecule has 0 heterocycles. The van der Waals surface area contributed by atoms with Crippen LogP contribution in [0.5, 0.6) is 0 Å². The molecule has 0 saturated carbocycles. The number of aliphatic hydroxyl groups is 1. The maximum absolute atomic E-state index is 12.3. The van der Waals surface area contributed by atoms with Gasteiger partial charge in [0.25, 0.3) is 0 Å². The second kappa shape index (κ2) is 5.21. The van der Waals surface area contributed by atoms with Gasteiger partial charge in [0.15, 0.2) is 0 Å². The summed E-state index contributed by atoms with van der Waals surface area (Å²) in [5.41, 5.74) is 1.96. The van der Waals surface area contributed by atoms with Crippen LogP contribution in [0.15, 0.2) is 72.5 Å². The van der Waals surface area contributed by atoms with Crippen LogP contribution in [0.4, 0.5) is 0 Å². The van der Waals surface area contributed by atoms with E-state index in [2.05, 4.69) is 0 Å². The van der Waals surface area contributed by atoms with Gasteiger partial charge >= 0.3 is 0 Å². The van der Waals surface area contributed by atoms with Crippen molar-refractivity contribution < 1.29 is 14.7 Å². The highest BCUT2D eigenvalue weighted by molar-refractivity contribution is 6.61. The Morgan fingerprint density at radius 1 is 0.667 bits per heavy atom. The maximum Gasteiger partial charge on any atom is 0.234 e. The average Bonchev–Trinajstić information content (AvgIpc) is 2.52. The normalized spacial score (nSPS) is 15.1. The van der Waals surface area contributed by atoms with Crippen LogP contribution in [0.25, 0.3) is 11.1 Å². The fourth-order valence-electron chi connectivity index (χ4n) is 2.40. The van der Waals surface area contributed by atoms with Gasteiger partial charge in [-0.2, -0.15) is 0 Å². The van der Waals surface area contributed by atoms with Gasteiger partial charge in [0.2, 0.25) is 11.6 Å². The number of carbonyl (C=O) groups excluding carboxylic acids is 2. The molecule has 21 heavy (non-hydrogen) atoms. The van der Waals surface area contributed by atoms with Crippen molar-refractivity contribution in [2.45, 2.75) is 0 Å². The molecule has 3 rings (SSSR count). The van der Waals surface area contributed by atoms with Crippen LogP contribution in [0.1, 0.15) is 11.1 Å². The molecule has 1 aliphatic carbocycles. The lowest BCUT2D eigenvalue weighted by Crippen LogP contribution is -2.20. The van der Waals surface area contributed by atoms with E-state index in [1.54, 1.807) is 36.4 Å². The van der Waals surface area contributed by atoms with E-state index in [4.69, 9.17) is 0 Å². The first-order chi connectivity index (χ1) is 10.2. The molecule has 1 N–H and O–H groups in total. The number of carbonyl (C=O) groups is 2. The number of hydrogen-bond donors (Lipinski definition) is 1. The summed E-state index contributed by atoms with van der Waals surface area (Å²) >= 11 is 0. The van der Waals surface area contributed by atoms with E-state index < -0.39 is 11.6 Å². The molecule has 0 spiro atoms. The van der Waals surface area contributed by atoms with Crippen LogP contribution >= 0.6 is 0 Å². The van der Waals surface area contributed by atoms with Gasteiger partial charge < -0.3 is 5.11 Å². The summed E-state index contributed by atoms with van der Waals surface area (Å²) in [7, 11) is 0. The molecule has 3 heteroatoms. The molecule has 0 fully saturated rings. The van der Waals surface area contributed by atoms with E-state index in [0.717, 1.165) is 6.08 Å². The third kappa shape index (κ3) is 2.30. The van der Waals surface area contributed by atoms with E-state index in [-0.39, 0.29) is 11.3 Å². The molecule has 0 aromatic heterocycles. The first kappa shape index (κ1) is 13.1. The van der Waals surface area contributed by atoms with Crippen molar-refractivity contribution in [1.29, 1.82) is 0 Å². The largest absolute Gasteiger partial charge is 0.507 e. The second-order valence-electron chi connectivity index (χ2n) is 4.71. The SMILES string of the molecule is O=C1C=C(O)C(c2ccccc2)=C(c2ccccc2)C1=O. The molecule has 2 aromatic carbocycles. The Labute approximate surface area is 121 Å². The Morgan fingerprint density at radius 2 is 1.14 bits per heavy atom. The monoisotopic (exact) mass is 276 g/mol. The standard InChI is InChI=1S/C18H12O3/c19-14-11-15(20)18(21)17(13-9-5-2-6-10-13)16(14)12-7-3-1-4-8-12/h1-11,19H. The first-order valence-corrected chi connectivity index (χ1v) is 6.53. The van der Waals surface area contributed by atoms with Gasteiger partial charge in [0, 0.05) is 17.2 Å². The molecule has 0 atom stereocenters. The van der Waals surface area contributed by atoms with Crippen LogP contribution < -0.4 is 0 Å². The number of hydrogen-bond acceptors (Lipinski definition) is 3. The molecule has 0 aliphatic heterocycles. The predicted molar refractivity (Wildman–Crippen MR) is 80.4 cm³/mol. The molecule has 0 bridgehead atoms. The van der Waals surface area contributed by atoms with E-state index >= 15 is 0 Å². The van der Waals surface area contributed by atoms with Crippen molar-refractivity contribution in [2.24, 2.45) is 0 Å². The molecule has 0 radical (unpaired) electrons. The zero-order chi connectivity index (χ0) is 14.8. The van der Waals surface area contributed by atoms with Gasteiger partial charge in [0.1, 0.15) is 5.76 Å². The van der Waals surface area contributed by atoms with Crippen molar-refractivity contribution in [3.8, 4) is 0 Å². The Morgan fingerprint density at radius 3 is 1.67 bits per heavy atom. The third-order valence-corrected chi connectivity index (χ3v) is 3.35. The van der Waals surface area contributed by atoms with E-state index in [9.17, 15) is 14.7 Å². The van der Waals surface area contributed by atoms with Crippen molar-refractivity contribution in [2.75, 3.05) is 0 Å². The van der Waals surface area contributed by atoms with Crippen molar-refractivity contribution in [3.63, 3.8) is 0 Å². The highest BCUT2D eigenvalue weighted by Gasteiger charge is 2.30. The Kier molecular flexibility index (Phi) is 3.24.